The van der Waals surface area contributed by atoms with Crippen molar-refractivity contribution in [2.75, 3.05) is 25.0 Å². The molecular weight excluding hydrogens is 1070 g/mol. The number of imide groups is 1. The number of aliphatic hydroxyl groups excluding tert-OH is 1. The monoisotopic (exact) mass is 1160 g/mol. The van der Waals surface area contributed by atoms with Gasteiger partial charge in [0.2, 0.25) is 17.7 Å². The van der Waals surface area contributed by atoms with E-state index in [9.17, 15) is 48.3 Å². The number of unbranched alkanes of at least 4 members (excludes halogenated alkanes) is 2. The highest BCUT2D eigenvalue weighted by Gasteiger charge is 2.58. The van der Waals surface area contributed by atoms with Crippen LogP contribution in [-0.4, -0.2) is 137 Å². The molecule has 1 spiro atoms. The van der Waals surface area contributed by atoms with Crippen LogP contribution in [0.4, 0.5) is 15.3 Å². The molecule has 4 aliphatic heterocycles. The van der Waals surface area contributed by atoms with Gasteiger partial charge in [-0.05, 0) is 113 Å². The van der Waals surface area contributed by atoms with Gasteiger partial charge in [-0.2, -0.15) is 0 Å². The number of allylic oxidation sites excluding steroid dienone is 3. The van der Waals surface area contributed by atoms with Crippen molar-refractivity contribution < 1.29 is 67.2 Å². The number of primary amides is 1. The van der Waals surface area contributed by atoms with Crippen LogP contribution < -0.4 is 32.3 Å². The van der Waals surface area contributed by atoms with E-state index in [0.29, 0.717) is 81.6 Å². The summed E-state index contributed by atoms with van der Waals surface area (Å²) in [5.41, 5.74) is 6.58. The Balaban J connectivity index is 0.883. The number of Topliss-reactive ketones (excluding diaryl/α,β-unsaturated/α-hetero) is 2. The number of urea groups is 1. The van der Waals surface area contributed by atoms with Crippen LogP contribution in [0.5, 0.6) is 0 Å². The van der Waals surface area contributed by atoms with Crippen LogP contribution in [0.2, 0.25) is 0 Å². The van der Waals surface area contributed by atoms with Crippen molar-refractivity contribution in [2.24, 2.45) is 35.3 Å². The molecule has 21 nitrogen and oxygen atoms in total. The first-order chi connectivity index (χ1) is 39.5. The van der Waals surface area contributed by atoms with Gasteiger partial charge in [0.05, 0.1) is 37.0 Å². The number of nitrogens with one attached hydrogen (secondary N) is 5. The molecule has 0 radical (unpaired) electrons. The van der Waals surface area contributed by atoms with Crippen molar-refractivity contribution >= 4 is 58.9 Å². The summed E-state index contributed by atoms with van der Waals surface area (Å²) in [6.07, 6.45) is 15.0. The maximum atomic E-state index is 13.7. The average molecular weight is 1160 g/mol. The third-order valence-electron chi connectivity index (χ3n) is 16.2. The first-order valence-corrected chi connectivity index (χ1v) is 29.7. The number of alkyl carbamates (subject to hydrolysis) is 1. The fraction of sp³-hybridized carbons (Fsp3) is 0.629. The fourth-order valence-electron chi connectivity index (χ4n) is 11.1. The SMILES string of the molecule is CC(/C=C/[C@H]1O[C@H](CC(=O)CC2CC(NC(=O)OCc3ccc(NC(=O)[C@H](CCCNC(N)=O)CC(=O)[C@@H](NC(=O)CCCCCN4C(=O)C=CC4=O)C(C)C)cc3)C2)C[C@@]2(CO2)[C@@H]1O)=C\C[C@@H]1O[C@H](C)[C@H](NC(=O)/C=C\C(C)C)C[C@@H]1C. The van der Waals surface area contributed by atoms with E-state index in [2.05, 4.69) is 39.6 Å². The number of epoxide rings is 1. The van der Waals surface area contributed by atoms with Crippen LogP contribution in [0.15, 0.2) is 72.4 Å². The number of anilines is 1. The second kappa shape index (κ2) is 31.4. The predicted molar refractivity (Wildman–Crippen MR) is 310 cm³/mol. The van der Waals surface area contributed by atoms with E-state index < -0.39 is 53.9 Å². The number of benzene rings is 1. The number of nitrogens with zero attached hydrogens (tertiary/aromatic N) is 1. The van der Waals surface area contributed by atoms with E-state index in [4.69, 9.17) is 24.7 Å². The molecule has 21 heteroatoms. The van der Waals surface area contributed by atoms with Gasteiger partial charge in [0, 0.05) is 75.0 Å². The summed E-state index contributed by atoms with van der Waals surface area (Å²) in [7, 11) is 0. The smallest absolute Gasteiger partial charge is 0.407 e. The van der Waals surface area contributed by atoms with Gasteiger partial charge in [-0.25, -0.2) is 9.59 Å². The van der Waals surface area contributed by atoms with Crippen molar-refractivity contribution in [1.82, 2.24) is 26.2 Å². The fourth-order valence-corrected chi connectivity index (χ4v) is 11.1. The Morgan fingerprint density at radius 3 is 2.28 bits per heavy atom. The van der Waals surface area contributed by atoms with Crippen molar-refractivity contribution in [2.45, 2.75) is 199 Å². The lowest BCUT2D eigenvalue weighted by molar-refractivity contribution is -0.145. The molecular formula is C62H89N7O14. The number of hydrogen-bond donors (Lipinski definition) is 7. The number of ketones is 2. The van der Waals surface area contributed by atoms with Gasteiger partial charge in [-0.15, -0.1) is 0 Å². The van der Waals surface area contributed by atoms with E-state index in [1.807, 2.05) is 45.9 Å². The molecule has 4 fully saturated rings. The number of amides is 8. The standard InChI is InChI=1S/C62H89N7O14/c1-37(2)14-23-54(73)67-49-28-40(6)51(82-41(49)7)21-15-39(5)16-22-52-58(76)62(36-81-62)34-48(83-52)33-47(70)31-43-29-46(30-43)66-61(79)80-35-42-17-19-45(20-18-42)65-59(77)44(12-11-26-64-60(63)78)32-50(71)57(38(3)4)68-53(72)13-9-8-10-27-69-55(74)24-25-56(69)75/h14-20,22-25,37-38,40-41,43-44,46,48-49,51-52,57-58,76H,8-13,21,26-36H2,1-7H3,(H,65,77)(H,66,79)(H,67,73)(H,68,72)(H3,63,64,78)/b22-16+,23-14-,39-15+/t40-,41+,43?,44+,46?,48+,49+,51-,52+,57-,58+,62+/m0/s1. The molecule has 0 aromatic heterocycles. The van der Waals surface area contributed by atoms with Crippen molar-refractivity contribution in [3.63, 3.8) is 0 Å². The van der Waals surface area contributed by atoms with Crippen LogP contribution in [-0.2, 0) is 59.1 Å². The van der Waals surface area contributed by atoms with Gasteiger partial charge < -0.3 is 56.4 Å². The zero-order valence-electron chi connectivity index (χ0n) is 49.4. The topological polar surface area (TPSA) is 303 Å². The van der Waals surface area contributed by atoms with E-state index >= 15 is 0 Å². The van der Waals surface area contributed by atoms with Crippen molar-refractivity contribution in [3.05, 3.63) is 77.9 Å². The second-order valence-electron chi connectivity index (χ2n) is 24.0. The maximum absolute atomic E-state index is 13.7. The number of hydrogen-bond acceptors (Lipinski definition) is 14. The predicted octanol–water partition coefficient (Wildman–Crippen LogP) is 6.32. The first-order valence-electron chi connectivity index (χ1n) is 29.7. The number of nitrogens with two attached hydrogens (primary N) is 1. The summed E-state index contributed by atoms with van der Waals surface area (Å²) < 4.78 is 23.9. The van der Waals surface area contributed by atoms with Gasteiger partial charge in [0.15, 0.2) is 5.78 Å². The number of carbonyl (C=O) groups excluding carboxylic acids is 9. The molecule has 6 rings (SSSR count). The molecule has 0 unspecified atom stereocenters. The van der Waals surface area contributed by atoms with E-state index in [1.165, 1.54) is 12.2 Å². The third-order valence-corrected chi connectivity index (χ3v) is 16.2. The molecule has 3 saturated heterocycles. The Morgan fingerprint density at radius 1 is 0.904 bits per heavy atom. The average Bonchev–Trinajstić information content (AvgIpc) is 2.41. The van der Waals surface area contributed by atoms with Crippen LogP contribution in [0.1, 0.15) is 144 Å². The Kier molecular flexibility index (Phi) is 24.8. The Labute approximate surface area is 488 Å². The Morgan fingerprint density at radius 2 is 1.61 bits per heavy atom. The van der Waals surface area contributed by atoms with Crippen molar-refractivity contribution in [3.8, 4) is 0 Å². The molecule has 8 amide bonds. The largest absolute Gasteiger partial charge is 0.445 e. The Hall–Kier alpha value is -6.55. The highest BCUT2D eigenvalue weighted by molar-refractivity contribution is 6.12. The Bertz CT molecular complexity index is 2550. The minimum absolute atomic E-state index is 0.00693. The minimum atomic E-state index is -0.869. The quantitative estimate of drug-likeness (QED) is 0.0141. The molecule has 8 N–H and O–H groups in total. The zero-order chi connectivity index (χ0) is 60.4. The number of rotatable bonds is 31. The van der Waals surface area contributed by atoms with Crippen LogP contribution in [0.3, 0.4) is 0 Å². The van der Waals surface area contributed by atoms with Gasteiger partial charge >= 0.3 is 12.1 Å². The van der Waals surface area contributed by atoms with Crippen LogP contribution in [0.25, 0.3) is 0 Å². The summed E-state index contributed by atoms with van der Waals surface area (Å²) in [6.45, 7) is 14.6. The van der Waals surface area contributed by atoms with Gasteiger partial charge in [0.25, 0.3) is 11.8 Å². The number of carbonyl (C=O) groups is 9. The first kappa shape index (κ1) is 65.6. The molecule has 4 heterocycles. The summed E-state index contributed by atoms with van der Waals surface area (Å²) >= 11 is 0. The molecule has 1 aromatic carbocycles. The summed E-state index contributed by atoms with van der Waals surface area (Å²) in [4.78, 5) is 115. The molecule has 1 aromatic rings. The number of aliphatic hydroxyl groups is 1. The zero-order valence-corrected chi connectivity index (χ0v) is 49.4. The second-order valence-corrected chi connectivity index (χ2v) is 24.0. The van der Waals surface area contributed by atoms with E-state index in [-0.39, 0.29) is 123 Å². The highest BCUT2D eigenvalue weighted by Crippen LogP contribution is 2.44. The molecule has 1 saturated carbocycles. The molecule has 83 heavy (non-hydrogen) atoms. The van der Waals surface area contributed by atoms with Gasteiger partial charge in [-0.1, -0.05) is 83.0 Å². The lowest BCUT2D eigenvalue weighted by Crippen LogP contribution is -2.50. The summed E-state index contributed by atoms with van der Waals surface area (Å²) in [6, 6.07) is 4.93. The van der Waals surface area contributed by atoms with Crippen molar-refractivity contribution in [1.29, 1.82) is 0 Å². The molecule has 10 atom stereocenters. The summed E-state index contributed by atoms with van der Waals surface area (Å²) in [5, 5.41) is 25.4. The van der Waals surface area contributed by atoms with Crippen LogP contribution >= 0.6 is 0 Å². The normalized spacial score (nSPS) is 26.7. The molecule has 0 bridgehead atoms. The maximum Gasteiger partial charge on any atom is 0.407 e. The molecule has 5 aliphatic rings. The lowest BCUT2D eigenvalue weighted by Gasteiger charge is -2.39. The minimum Gasteiger partial charge on any atom is -0.445 e. The molecule has 1 aliphatic carbocycles. The summed E-state index contributed by atoms with van der Waals surface area (Å²) in [5.74, 6) is -2.30. The van der Waals surface area contributed by atoms with Gasteiger partial charge in [-0.3, -0.25) is 38.5 Å². The molecule has 456 valence electrons. The van der Waals surface area contributed by atoms with E-state index in [1.54, 1.807) is 44.2 Å². The van der Waals surface area contributed by atoms with Gasteiger partial charge in [0.1, 0.15) is 30.2 Å². The van der Waals surface area contributed by atoms with Crippen LogP contribution in [0, 0.1) is 29.6 Å². The van der Waals surface area contributed by atoms with E-state index in [0.717, 1.165) is 16.9 Å². The number of ether oxygens (including phenoxy) is 4. The highest BCUT2D eigenvalue weighted by atomic mass is 16.6. The third kappa shape index (κ3) is 20.9. The lowest BCUT2D eigenvalue weighted by atomic mass is 9.76.